The van der Waals surface area contributed by atoms with Gasteiger partial charge in [0, 0.05) is 31.7 Å². The van der Waals surface area contributed by atoms with Crippen LogP contribution in [0.4, 0.5) is 5.82 Å². The summed E-state index contributed by atoms with van der Waals surface area (Å²) in [7, 11) is -3.48. The van der Waals surface area contributed by atoms with Crippen molar-refractivity contribution in [2.75, 3.05) is 31.1 Å². The van der Waals surface area contributed by atoms with Gasteiger partial charge in [0.15, 0.2) is 5.82 Å². The van der Waals surface area contributed by atoms with Crippen LogP contribution >= 0.6 is 0 Å². The van der Waals surface area contributed by atoms with Crippen LogP contribution in [0.15, 0.2) is 71.6 Å². The molecule has 33 heavy (non-hydrogen) atoms. The van der Waals surface area contributed by atoms with E-state index in [2.05, 4.69) is 45.4 Å². The minimum absolute atomic E-state index is 0.363. The van der Waals surface area contributed by atoms with E-state index in [0.29, 0.717) is 23.7 Å². The topological polar surface area (TPSA) is 66.4 Å². The predicted molar refractivity (Wildman–Crippen MR) is 131 cm³/mol. The minimum atomic E-state index is -3.48. The fourth-order valence-electron chi connectivity index (χ4n) is 4.54. The van der Waals surface area contributed by atoms with Crippen molar-refractivity contribution in [1.82, 2.24) is 14.5 Å². The van der Waals surface area contributed by atoms with Crippen molar-refractivity contribution >= 4 is 21.4 Å². The summed E-state index contributed by atoms with van der Waals surface area (Å²) < 4.78 is 27.8. The molecule has 1 fully saturated rings. The minimum Gasteiger partial charge on any atom is -0.351 e. The van der Waals surface area contributed by atoms with Crippen LogP contribution in [0.5, 0.6) is 0 Å². The zero-order chi connectivity index (χ0) is 22.8. The fraction of sp³-hybridized carbons (Fsp3) is 0.308. The van der Waals surface area contributed by atoms with E-state index in [4.69, 9.17) is 0 Å². The van der Waals surface area contributed by atoms with Gasteiger partial charge in [-0.2, -0.15) is 4.31 Å². The van der Waals surface area contributed by atoms with Crippen molar-refractivity contribution in [3.05, 3.63) is 77.9 Å². The SMILES string of the molecule is Cc1ccc(-c2ccc(N3CC=C(c4ccccc4)CC3)nn2)cc1S(=O)(=O)N1CCCC1. The zero-order valence-corrected chi connectivity index (χ0v) is 19.6. The Bertz CT molecular complexity index is 1270. The Morgan fingerprint density at radius 2 is 1.64 bits per heavy atom. The Morgan fingerprint density at radius 3 is 2.30 bits per heavy atom. The maximum atomic E-state index is 13.1. The van der Waals surface area contributed by atoms with E-state index in [1.165, 1.54) is 11.1 Å². The number of aryl methyl sites for hydroxylation is 1. The molecule has 5 rings (SSSR count). The van der Waals surface area contributed by atoms with Crippen molar-refractivity contribution in [2.24, 2.45) is 0 Å². The molecular weight excluding hydrogens is 432 g/mol. The molecule has 7 heteroatoms. The molecular formula is C26H28N4O2S. The molecule has 3 heterocycles. The lowest BCUT2D eigenvalue weighted by Crippen LogP contribution is -2.29. The van der Waals surface area contributed by atoms with Crippen molar-refractivity contribution in [3.8, 4) is 11.3 Å². The van der Waals surface area contributed by atoms with Crippen LogP contribution in [0, 0.1) is 6.92 Å². The number of rotatable bonds is 5. The molecule has 0 aliphatic carbocycles. The van der Waals surface area contributed by atoms with Crippen molar-refractivity contribution in [2.45, 2.75) is 31.1 Å². The molecule has 0 atom stereocenters. The Morgan fingerprint density at radius 1 is 0.848 bits per heavy atom. The molecule has 0 saturated carbocycles. The molecule has 0 N–H and O–H groups in total. The standard InChI is InChI=1S/C26H28N4O2S/c1-20-9-10-23(19-25(20)33(31,32)30-15-5-6-16-30)24-11-12-26(28-27-24)29-17-13-22(14-18-29)21-7-3-2-4-8-21/h2-4,7-13,19H,5-6,14-18H2,1H3. The first-order chi connectivity index (χ1) is 16.0. The molecule has 0 spiro atoms. The summed E-state index contributed by atoms with van der Waals surface area (Å²) in [5.41, 5.74) is 4.83. The molecule has 0 radical (unpaired) electrons. The van der Waals surface area contributed by atoms with Gasteiger partial charge in [0.1, 0.15) is 0 Å². The number of hydrogen-bond acceptors (Lipinski definition) is 5. The Balaban J connectivity index is 1.35. The number of benzene rings is 2. The molecule has 2 aliphatic heterocycles. The number of hydrogen-bond donors (Lipinski definition) is 0. The van der Waals surface area contributed by atoms with Gasteiger partial charge in [-0.25, -0.2) is 8.42 Å². The lowest BCUT2D eigenvalue weighted by atomic mass is 9.99. The van der Waals surface area contributed by atoms with E-state index in [0.717, 1.165) is 49.3 Å². The lowest BCUT2D eigenvalue weighted by molar-refractivity contribution is 0.477. The second kappa shape index (κ2) is 9.08. The third kappa shape index (κ3) is 4.43. The van der Waals surface area contributed by atoms with E-state index in [9.17, 15) is 8.42 Å². The highest BCUT2D eigenvalue weighted by atomic mass is 32.2. The molecule has 170 valence electrons. The van der Waals surface area contributed by atoms with Gasteiger partial charge < -0.3 is 4.90 Å². The highest BCUT2D eigenvalue weighted by Gasteiger charge is 2.28. The predicted octanol–water partition coefficient (Wildman–Crippen LogP) is 4.53. The van der Waals surface area contributed by atoms with Crippen LogP contribution in [-0.4, -0.2) is 49.1 Å². The second-order valence-electron chi connectivity index (χ2n) is 8.66. The van der Waals surface area contributed by atoms with Gasteiger partial charge in [0.05, 0.1) is 10.6 Å². The molecule has 3 aromatic rings. The van der Waals surface area contributed by atoms with Gasteiger partial charge >= 0.3 is 0 Å². The van der Waals surface area contributed by atoms with Crippen LogP contribution in [0.25, 0.3) is 16.8 Å². The van der Waals surface area contributed by atoms with Crippen molar-refractivity contribution < 1.29 is 8.42 Å². The Labute approximate surface area is 195 Å². The van der Waals surface area contributed by atoms with Gasteiger partial charge in [0.2, 0.25) is 10.0 Å². The van der Waals surface area contributed by atoms with Crippen LogP contribution in [0.2, 0.25) is 0 Å². The fourth-order valence-corrected chi connectivity index (χ4v) is 6.31. The van der Waals surface area contributed by atoms with Crippen LogP contribution in [-0.2, 0) is 10.0 Å². The molecule has 0 amide bonds. The molecule has 6 nitrogen and oxygen atoms in total. The maximum Gasteiger partial charge on any atom is 0.243 e. The summed E-state index contributed by atoms with van der Waals surface area (Å²) >= 11 is 0. The normalized spacial score (nSPS) is 17.2. The smallest absolute Gasteiger partial charge is 0.243 e. The highest BCUT2D eigenvalue weighted by molar-refractivity contribution is 7.89. The Kier molecular flexibility index (Phi) is 6.00. The summed E-state index contributed by atoms with van der Waals surface area (Å²) in [6.07, 6.45) is 5.06. The van der Waals surface area contributed by atoms with E-state index >= 15 is 0 Å². The third-order valence-electron chi connectivity index (χ3n) is 6.49. The van der Waals surface area contributed by atoms with Crippen LogP contribution in [0.3, 0.4) is 0 Å². The number of aromatic nitrogens is 2. The summed E-state index contributed by atoms with van der Waals surface area (Å²) in [6.45, 7) is 4.71. The first-order valence-corrected chi connectivity index (χ1v) is 12.9. The average Bonchev–Trinajstić information content (AvgIpc) is 3.41. The summed E-state index contributed by atoms with van der Waals surface area (Å²) in [4.78, 5) is 2.57. The summed E-state index contributed by atoms with van der Waals surface area (Å²) in [6, 6.07) is 19.9. The number of sulfonamides is 1. The van der Waals surface area contributed by atoms with Gasteiger partial charge in [0.25, 0.3) is 0 Å². The van der Waals surface area contributed by atoms with E-state index in [1.807, 2.05) is 37.3 Å². The third-order valence-corrected chi connectivity index (χ3v) is 8.54. The van der Waals surface area contributed by atoms with Crippen LogP contribution in [0.1, 0.15) is 30.4 Å². The monoisotopic (exact) mass is 460 g/mol. The molecule has 2 aromatic carbocycles. The molecule has 0 unspecified atom stereocenters. The van der Waals surface area contributed by atoms with Gasteiger partial charge in [-0.05, 0) is 61.1 Å². The molecule has 1 aromatic heterocycles. The second-order valence-corrected chi connectivity index (χ2v) is 10.6. The number of anilines is 1. The summed E-state index contributed by atoms with van der Waals surface area (Å²) in [5, 5.41) is 8.89. The summed E-state index contributed by atoms with van der Waals surface area (Å²) in [5.74, 6) is 0.833. The van der Waals surface area contributed by atoms with Crippen molar-refractivity contribution in [1.29, 1.82) is 0 Å². The van der Waals surface area contributed by atoms with Gasteiger partial charge in [-0.15, -0.1) is 10.2 Å². The zero-order valence-electron chi connectivity index (χ0n) is 18.8. The molecule has 2 aliphatic rings. The maximum absolute atomic E-state index is 13.1. The number of nitrogens with zero attached hydrogens (tertiary/aromatic N) is 4. The quantitative estimate of drug-likeness (QED) is 0.560. The van der Waals surface area contributed by atoms with E-state index < -0.39 is 10.0 Å². The van der Waals surface area contributed by atoms with E-state index in [1.54, 1.807) is 10.4 Å². The lowest BCUT2D eigenvalue weighted by Gasteiger charge is -2.27. The van der Waals surface area contributed by atoms with Crippen molar-refractivity contribution in [3.63, 3.8) is 0 Å². The highest BCUT2D eigenvalue weighted by Crippen LogP contribution is 2.29. The Hall–Kier alpha value is -3.03. The van der Waals surface area contributed by atoms with Crippen LogP contribution < -0.4 is 4.90 Å². The first kappa shape index (κ1) is 21.8. The average molecular weight is 461 g/mol. The molecule has 1 saturated heterocycles. The first-order valence-electron chi connectivity index (χ1n) is 11.5. The molecule has 0 bridgehead atoms. The van der Waals surface area contributed by atoms with Gasteiger partial charge in [-0.3, -0.25) is 0 Å². The van der Waals surface area contributed by atoms with E-state index in [-0.39, 0.29) is 0 Å². The largest absolute Gasteiger partial charge is 0.351 e. The van der Waals surface area contributed by atoms with Gasteiger partial charge in [-0.1, -0.05) is 48.5 Å².